The number of furan rings is 1. The fraction of sp³-hybridized carbons (Fsp3) is 0.278. The van der Waals surface area contributed by atoms with Gasteiger partial charge in [-0.15, -0.1) is 0 Å². The van der Waals surface area contributed by atoms with E-state index in [0.717, 1.165) is 5.69 Å². The summed E-state index contributed by atoms with van der Waals surface area (Å²) in [6, 6.07) is 11.3. The van der Waals surface area contributed by atoms with Crippen LogP contribution in [0.4, 0.5) is 5.69 Å². The van der Waals surface area contributed by atoms with Crippen LogP contribution in [0.1, 0.15) is 34.5 Å². The Balaban J connectivity index is 1.80. The highest BCUT2D eigenvalue weighted by atomic mass is 16.4. The number of carboxylic acid groups (broad SMARTS) is 1. The fourth-order valence-electron chi connectivity index (χ4n) is 3.03. The Kier molecular flexibility index (Phi) is 4.56. The van der Waals surface area contributed by atoms with Crippen LogP contribution in [-0.2, 0) is 4.79 Å². The van der Waals surface area contributed by atoms with E-state index in [2.05, 4.69) is 0 Å². The van der Waals surface area contributed by atoms with Gasteiger partial charge in [0.1, 0.15) is 6.04 Å². The second-order valence-electron chi connectivity index (χ2n) is 5.69. The van der Waals surface area contributed by atoms with E-state index in [1.165, 1.54) is 17.0 Å². The molecule has 1 aromatic carbocycles. The van der Waals surface area contributed by atoms with Gasteiger partial charge in [-0.2, -0.15) is 0 Å². The van der Waals surface area contributed by atoms with Crippen LogP contribution in [0.3, 0.4) is 0 Å². The minimum atomic E-state index is -1.24. The Bertz CT molecular complexity index is 799. The highest BCUT2D eigenvalue weighted by Gasteiger charge is 2.39. The Morgan fingerprint density at radius 1 is 1.20 bits per heavy atom. The van der Waals surface area contributed by atoms with Crippen molar-refractivity contribution in [1.82, 2.24) is 4.90 Å². The number of amides is 2. The molecule has 0 radical (unpaired) electrons. The third kappa shape index (κ3) is 3.13. The third-order valence-electron chi connectivity index (χ3n) is 4.25. The second kappa shape index (κ2) is 6.80. The molecule has 0 bridgehead atoms. The maximum Gasteiger partial charge on any atom is 0.371 e. The van der Waals surface area contributed by atoms with Gasteiger partial charge in [0, 0.05) is 18.8 Å². The van der Waals surface area contributed by atoms with Crippen LogP contribution < -0.4 is 4.90 Å². The first-order valence-corrected chi connectivity index (χ1v) is 8.03. The van der Waals surface area contributed by atoms with Gasteiger partial charge in [0.15, 0.2) is 5.76 Å². The quantitative estimate of drug-likeness (QED) is 0.900. The number of carboxylic acids is 1. The van der Waals surface area contributed by atoms with Crippen LogP contribution in [0.2, 0.25) is 0 Å². The number of carbonyl (C=O) groups is 3. The molecule has 1 aliphatic rings. The number of likely N-dealkylation sites (N-methyl/N-ethyl adjacent to an activating group) is 1. The topological polar surface area (TPSA) is 91.1 Å². The van der Waals surface area contributed by atoms with Gasteiger partial charge >= 0.3 is 5.97 Å². The van der Waals surface area contributed by atoms with Gasteiger partial charge < -0.3 is 19.3 Å². The maximum absolute atomic E-state index is 12.8. The largest absolute Gasteiger partial charge is 0.475 e. The van der Waals surface area contributed by atoms with Crippen LogP contribution in [0, 0.1) is 0 Å². The minimum absolute atomic E-state index is 0.0785. The Hall–Kier alpha value is -3.09. The predicted octanol–water partition coefficient (Wildman–Crippen LogP) is 2.25. The summed E-state index contributed by atoms with van der Waals surface area (Å²) in [5.41, 5.74) is 0.796. The lowest BCUT2D eigenvalue weighted by Gasteiger charge is -2.26. The van der Waals surface area contributed by atoms with Crippen LogP contribution in [0.25, 0.3) is 0 Å². The molecule has 7 heteroatoms. The monoisotopic (exact) mass is 342 g/mol. The van der Waals surface area contributed by atoms with E-state index in [4.69, 9.17) is 9.52 Å². The second-order valence-corrected chi connectivity index (χ2v) is 5.69. The maximum atomic E-state index is 12.8. The molecule has 0 spiro atoms. The Labute approximate surface area is 144 Å². The van der Waals surface area contributed by atoms with Gasteiger partial charge in [-0.3, -0.25) is 9.59 Å². The summed E-state index contributed by atoms with van der Waals surface area (Å²) >= 11 is 0. The van der Waals surface area contributed by atoms with Crippen LogP contribution in [0.5, 0.6) is 0 Å². The van der Waals surface area contributed by atoms with Crippen molar-refractivity contribution in [3.63, 3.8) is 0 Å². The average Bonchev–Trinajstić information content (AvgIpc) is 3.24. The summed E-state index contributed by atoms with van der Waals surface area (Å²) in [7, 11) is 0. The SMILES string of the molecule is CCN(C(=O)c1ccc(C(=O)O)o1)C1CCN(c2ccccc2)C1=O. The Morgan fingerprint density at radius 2 is 1.88 bits per heavy atom. The summed E-state index contributed by atoms with van der Waals surface area (Å²) < 4.78 is 5.08. The van der Waals surface area contributed by atoms with Gasteiger partial charge in [0.2, 0.25) is 11.7 Å². The first-order chi connectivity index (χ1) is 12.0. The molecule has 2 heterocycles. The molecule has 1 fully saturated rings. The van der Waals surface area contributed by atoms with Crippen molar-refractivity contribution in [1.29, 1.82) is 0 Å². The van der Waals surface area contributed by atoms with Gasteiger partial charge in [0.25, 0.3) is 5.91 Å². The number of hydrogen-bond donors (Lipinski definition) is 1. The molecule has 1 aromatic heterocycles. The lowest BCUT2D eigenvalue weighted by Crippen LogP contribution is -2.45. The zero-order chi connectivity index (χ0) is 18.0. The molecule has 1 saturated heterocycles. The van der Waals surface area contributed by atoms with E-state index in [-0.39, 0.29) is 17.4 Å². The molecular formula is C18H18N2O5. The van der Waals surface area contributed by atoms with Gasteiger partial charge in [-0.1, -0.05) is 18.2 Å². The van der Waals surface area contributed by atoms with E-state index < -0.39 is 17.9 Å². The summed E-state index contributed by atoms with van der Waals surface area (Å²) in [5, 5.41) is 8.91. The summed E-state index contributed by atoms with van der Waals surface area (Å²) in [6.07, 6.45) is 0.514. The smallest absolute Gasteiger partial charge is 0.371 e. The molecule has 130 valence electrons. The molecule has 7 nitrogen and oxygen atoms in total. The number of hydrogen-bond acceptors (Lipinski definition) is 4. The van der Waals surface area contributed by atoms with Crippen LogP contribution in [0.15, 0.2) is 46.9 Å². The molecule has 1 unspecified atom stereocenters. The van der Waals surface area contributed by atoms with Crippen molar-refractivity contribution >= 4 is 23.5 Å². The van der Waals surface area contributed by atoms with Gasteiger partial charge in [-0.25, -0.2) is 4.79 Å². The van der Waals surface area contributed by atoms with Gasteiger partial charge in [0.05, 0.1) is 0 Å². The van der Waals surface area contributed by atoms with Crippen molar-refractivity contribution in [3.05, 3.63) is 54.0 Å². The van der Waals surface area contributed by atoms with Crippen molar-refractivity contribution in [2.24, 2.45) is 0 Å². The third-order valence-corrected chi connectivity index (χ3v) is 4.25. The molecule has 1 N–H and O–H groups in total. The normalized spacial score (nSPS) is 16.9. The number of carbonyl (C=O) groups excluding carboxylic acids is 2. The molecule has 1 aliphatic heterocycles. The van der Waals surface area contributed by atoms with Crippen molar-refractivity contribution in [2.45, 2.75) is 19.4 Å². The molecule has 0 saturated carbocycles. The molecule has 25 heavy (non-hydrogen) atoms. The van der Waals surface area contributed by atoms with Gasteiger partial charge in [-0.05, 0) is 37.6 Å². The van der Waals surface area contributed by atoms with E-state index in [0.29, 0.717) is 19.5 Å². The predicted molar refractivity (Wildman–Crippen MR) is 89.6 cm³/mol. The lowest BCUT2D eigenvalue weighted by molar-refractivity contribution is -0.121. The van der Waals surface area contributed by atoms with Crippen molar-refractivity contribution in [3.8, 4) is 0 Å². The molecule has 3 rings (SSSR count). The fourth-order valence-corrected chi connectivity index (χ4v) is 3.03. The first-order valence-electron chi connectivity index (χ1n) is 8.03. The molecule has 0 aliphatic carbocycles. The summed E-state index contributed by atoms with van der Waals surface area (Å²) in [6.45, 7) is 2.62. The standard InChI is InChI=1S/C18H18N2O5/c1-2-19(17(22)14-8-9-15(25-14)18(23)24)13-10-11-20(16(13)21)12-6-4-3-5-7-12/h3-9,13H,2,10-11H2,1H3,(H,23,24). The van der Waals surface area contributed by atoms with Crippen LogP contribution >= 0.6 is 0 Å². The Morgan fingerprint density at radius 3 is 2.48 bits per heavy atom. The highest BCUT2D eigenvalue weighted by Crippen LogP contribution is 2.25. The molecule has 2 amide bonds. The number of rotatable bonds is 5. The number of aromatic carboxylic acids is 1. The number of benzene rings is 1. The van der Waals surface area contributed by atoms with E-state index >= 15 is 0 Å². The van der Waals surface area contributed by atoms with Crippen LogP contribution in [-0.4, -0.2) is 46.9 Å². The van der Waals surface area contributed by atoms with Crippen molar-refractivity contribution in [2.75, 3.05) is 18.0 Å². The zero-order valence-electron chi connectivity index (χ0n) is 13.7. The number of nitrogens with zero attached hydrogens (tertiary/aromatic N) is 2. The lowest BCUT2D eigenvalue weighted by atomic mass is 10.2. The summed E-state index contributed by atoms with van der Waals surface area (Å²) in [4.78, 5) is 39.4. The average molecular weight is 342 g/mol. The summed E-state index contributed by atoms with van der Waals surface area (Å²) in [5.74, 6) is -2.25. The van der Waals surface area contributed by atoms with E-state index in [9.17, 15) is 14.4 Å². The van der Waals surface area contributed by atoms with E-state index in [1.807, 2.05) is 30.3 Å². The zero-order valence-corrected chi connectivity index (χ0v) is 13.7. The minimum Gasteiger partial charge on any atom is -0.475 e. The molecule has 2 aromatic rings. The highest BCUT2D eigenvalue weighted by molar-refractivity contribution is 6.03. The molecular weight excluding hydrogens is 324 g/mol. The first kappa shape index (κ1) is 16.8. The number of para-hydroxylation sites is 1. The molecule has 1 atom stereocenters. The van der Waals surface area contributed by atoms with Crippen molar-refractivity contribution < 1.29 is 23.9 Å². The number of anilines is 1. The van der Waals surface area contributed by atoms with E-state index in [1.54, 1.807) is 11.8 Å².